The lowest BCUT2D eigenvalue weighted by molar-refractivity contribution is 0.438. The molecule has 1 aliphatic heterocycles. The summed E-state index contributed by atoms with van der Waals surface area (Å²) >= 11 is 1.51. The van der Waals surface area contributed by atoms with Crippen LogP contribution in [-0.4, -0.2) is 57.7 Å². The second kappa shape index (κ2) is 9.09. The van der Waals surface area contributed by atoms with Gasteiger partial charge in [0.1, 0.15) is 0 Å². The van der Waals surface area contributed by atoms with E-state index in [2.05, 4.69) is 27.3 Å². The molecule has 4 aromatic rings. The van der Waals surface area contributed by atoms with Crippen molar-refractivity contribution < 1.29 is 0 Å². The monoisotopic (exact) mass is 481 g/mol. The molecule has 0 spiro atoms. The summed E-state index contributed by atoms with van der Waals surface area (Å²) in [5.74, 6) is 1.91. The SMILES string of the molecule is C[C@@H]1CCCN(c2nc3c(c(=O)n(C)c(=O)n3C)n2CCSc2nnnn2-c2ccccc2)C1. The van der Waals surface area contributed by atoms with E-state index >= 15 is 0 Å². The number of hydrogen-bond donors (Lipinski definition) is 0. The minimum atomic E-state index is -0.378. The molecule has 0 unspecified atom stereocenters. The number of tetrazole rings is 1. The van der Waals surface area contributed by atoms with Crippen LogP contribution in [0.1, 0.15) is 19.8 Å². The summed E-state index contributed by atoms with van der Waals surface area (Å²) in [7, 11) is 3.17. The Morgan fingerprint density at radius 3 is 2.68 bits per heavy atom. The summed E-state index contributed by atoms with van der Waals surface area (Å²) in [6.07, 6.45) is 2.25. The first-order valence-corrected chi connectivity index (χ1v) is 12.3. The van der Waals surface area contributed by atoms with Gasteiger partial charge in [-0.3, -0.25) is 13.9 Å². The molecular weight excluding hydrogens is 454 g/mol. The van der Waals surface area contributed by atoms with Gasteiger partial charge in [-0.1, -0.05) is 36.9 Å². The van der Waals surface area contributed by atoms with E-state index in [1.54, 1.807) is 11.7 Å². The van der Waals surface area contributed by atoms with Gasteiger partial charge in [0.05, 0.1) is 5.69 Å². The Kier molecular flexibility index (Phi) is 5.98. The van der Waals surface area contributed by atoms with Gasteiger partial charge < -0.3 is 9.47 Å². The molecule has 11 nitrogen and oxygen atoms in total. The molecule has 1 aliphatic rings. The molecule has 0 aliphatic carbocycles. The number of para-hydroxylation sites is 1. The van der Waals surface area contributed by atoms with Gasteiger partial charge >= 0.3 is 5.69 Å². The number of benzene rings is 1. The fraction of sp³-hybridized carbons (Fsp3) is 0.455. The molecule has 12 heteroatoms. The number of rotatable bonds is 6. The fourth-order valence-corrected chi connectivity index (χ4v) is 5.30. The van der Waals surface area contributed by atoms with Crippen LogP contribution in [-0.2, 0) is 20.6 Å². The number of fused-ring (bicyclic) bond motifs is 1. The van der Waals surface area contributed by atoms with Crippen LogP contribution in [0.15, 0.2) is 45.1 Å². The van der Waals surface area contributed by atoms with Gasteiger partial charge in [-0.15, -0.1) is 5.10 Å². The Bertz CT molecular complexity index is 1440. The molecule has 1 saturated heterocycles. The Morgan fingerprint density at radius 1 is 1.12 bits per heavy atom. The summed E-state index contributed by atoms with van der Waals surface area (Å²) in [5, 5.41) is 12.8. The van der Waals surface area contributed by atoms with Crippen molar-refractivity contribution in [2.75, 3.05) is 23.7 Å². The highest BCUT2D eigenvalue weighted by Crippen LogP contribution is 2.26. The van der Waals surface area contributed by atoms with Gasteiger partial charge in [0.15, 0.2) is 11.2 Å². The third-order valence-electron chi connectivity index (χ3n) is 6.26. The molecule has 0 bridgehead atoms. The lowest BCUT2D eigenvalue weighted by atomic mass is 10.0. The average Bonchev–Trinajstić information content (AvgIpc) is 3.47. The highest BCUT2D eigenvalue weighted by Gasteiger charge is 2.25. The smallest absolute Gasteiger partial charge is 0.332 e. The van der Waals surface area contributed by atoms with Crippen molar-refractivity contribution in [1.82, 2.24) is 38.9 Å². The van der Waals surface area contributed by atoms with Crippen molar-refractivity contribution in [2.24, 2.45) is 20.0 Å². The zero-order chi connectivity index (χ0) is 23.8. The van der Waals surface area contributed by atoms with Gasteiger partial charge in [0.25, 0.3) is 5.56 Å². The molecule has 178 valence electrons. The molecule has 0 amide bonds. The predicted octanol–water partition coefficient (Wildman–Crippen LogP) is 1.44. The largest absolute Gasteiger partial charge is 0.342 e. The van der Waals surface area contributed by atoms with E-state index in [1.807, 2.05) is 34.9 Å². The molecular formula is C22H27N9O2S. The van der Waals surface area contributed by atoms with Gasteiger partial charge in [-0.25, -0.2) is 4.79 Å². The number of anilines is 1. The van der Waals surface area contributed by atoms with Crippen LogP contribution in [0.2, 0.25) is 0 Å². The van der Waals surface area contributed by atoms with Crippen LogP contribution in [0, 0.1) is 5.92 Å². The summed E-state index contributed by atoms with van der Waals surface area (Å²) in [6, 6.07) is 9.72. The number of thioether (sulfide) groups is 1. The molecule has 34 heavy (non-hydrogen) atoms. The quantitative estimate of drug-likeness (QED) is 0.381. The van der Waals surface area contributed by atoms with Crippen LogP contribution in [0.4, 0.5) is 5.95 Å². The molecule has 5 rings (SSSR count). The van der Waals surface area contributed by atoms with E-state index in [4.69, 9.17) is 4.98 Å². The predicted molar refractivity (Wildman–Crippen MR) is 131 cm³/mol. The molecule has 1 atom stereocenters. The normalized spacial score (nSPS) is 16.4. The van der Waals surface area contributed by atoms with Crippen molar-refractivity contribution in [3.8, 4) is 5.69 Å². The second-order valence-corrected chi connectivity index (χ2v) is 9.75. The number of imidazole rings is 1. The van der Waals surface area contributed by atoms with Gasteiger partial charge in [-0.2, -0.15) is 9.67 Å². The minimum absolute atomic E-state index is 0.332. The van der Waals surface area contributed by atoms with Crippen molar-refractivity contribution in [1.29, 1.82) is 0 Å². The van der Waals surface area contributed by atoms with E-state index in [1.165, 1.54) is 29.8 Å². The Balaban J connectivity index is 1.50. The van der Waals surface area contributed by atoms with Crippen molar-refractivity contribution in [3.63, 3.8) is 0 Å². The second-order valence-electron chi connectivity index (χ2n) is 8.69. The minimum Gasteiger partial charge on any atom is -0.342 e. The molecule has 0 radical (unpaired) electrons. The lowest BCUT2D eigenvalue weighted by Gasteiger charge is -2.32. The number of piperidine rings is 1. The van der Waals surface area contributed by atoms with Crippen molar-refractivity contribution in [3.05, 3.63) is 51.2 Å². The van der Waals surface area contributed by atoms with Crippen LogP contribution in [0.25, 0.3) is 16.9 Å². The summed E-state index contributed by atoms with van der Waals surface area (Å²) < 4.78 is 6.25. The van der Waals surface area contributed by atoms with Crippen LogP contribution >= 0.6 is 11.8 Å². The molecule has 1 fully saturated rings. The molecule has 1 aromatic carbocycles. The highest BCUT2D eigenvalue weighted by molar-refractivity contribution is 7.99. The summed E-state index contributed by atoms with van der Waals surface area (Å²) in [4.78, 5) is 32.7. The topological polar surface area (TPSA) is 109 Å². The Hall–Kier alpha value is -3.41. The third-order valence-corrected chi connectivity index (χ3v) is 7.15. The molecule has 0 N–H and O–H groups in total. The molecule has 3 aromatic heterocycles. The maximum Gasteiger partial charge on any atom is 0.332 e. The summed E-state index contributed by atoms with van der Waals surface area (Å²) in [5.41, 5.74) is 1.04. The Labute approximate surface area is 200 Å². The van der Waals surface area contributed by atoms with Crippen LogP contribution in [0.3, 0.4) is 0 Å². The van der Waals surface area contributed by atoms with Crippen LogP contribution < -0.4 is 16.1 Å². The van der Waals surface area contributed by atoms with Gasteiger partial charge in [0.2, 0.25) is 11.1 Å². The zero-order valence-electron chi connectivity index (χ0n) is 19.5. The van der Waals surface area contributed by atoms with E-state index < -0.39 is 0 Å². The maximum atomic E-state index is 13.1. The van der Waals surface area contributed by atoms with Crippen molar-refractivity contribution >= 4 is 28.9 Å². The standard InChI is InChI=1S/C22H27N9O2S/c1-15-8-7-11-29(14-15)20-23-18-17(19(32)28(3)22(33)27(18)2)30(20)12-13-34-21-24-25-26-31(21)16-9-5-4-6-10-16/h4-6,9-10,15H,7-8,11-14H2,1-3H3/t15-/m1/s1. The number of hydrogen-bond acceptors (Lipinski definition) is 8. The highest BCUT2D eigenvalue weighted by atomic mass is 32.2. The lowest BCUT2D eigenvalue weighted by Crippen LogP contribution is -2.38. The number of aromatic nitrogens is 8. The number of nitrogens with zero attached hydrogens (tertiary/aromatic N) is 9. The zero-order valence-corrected chi connectivity index (χ0v) is 20.3. The Morgan fingerprint density at radius 2 is 1.91 bits per heavy atom. The van der Waals surface area contributed by atoms with Gasteiger partial charge in [0, 0.05) is 39.5 Å². The fourth-order valence-electron chi connectivity index (χ4n) is 4.49. The average molecular weight is 482 g/mol. The van der Waals surface area contributed by atoms with E-state index in [9.17, 15) is 9.59 Å². The van der Waals surface area contributed by atoms with E-state index in [-0.39, 0.29) is 11.2 Å². The molecule has 0 saturated carbocycles. The number of aryl methyl sites for hydroxylation is 2. The first-order valence-electron chi connectivity index (χ1n) is 11.3. The third kappa shape index (κ3) is 3.91. The van der Waals surface area contributed by atoms with E-state index in [0.717, 1.165) is 35.7 Å². The molecule has 4 heterocycles. The van der Waals surface area contributed by atoms with E-state index in [0.29, 0.717) is 34.5 Å². The first-order chi connectivity index (χ1) is 16.5. The maximum absolute atomic E-state index is 13.1. The first kappa shape index (κ1) is 22.4. The van der Waals surface area contributed by atoms with Crippen LogP contribution in [0.5, 0.6) is 0 Å². The summed E-state index contributed by atoms with van der Waals surface area (Å²) in [6.45, 7) is 4.50. The van der Waals surface area contributed by atoms with Crippen molar-refractivity contribution in [2.45, 2.75) is 31.5 Å². The van der Waals surface area contributed by atoms with Gasteiger partial charge in [-0.05, 0) is 41.3 Å².